The average Bonchev–Trinajstić information content (AvgIpc) is 3.02. The average molecular weight is 701 g/mol. The van der Waals surface area contributed by atoms with Crippen LogP contribution in [0.25, 0.3) is 0 Å². The van der Waals surface area contributed by atoms with E-state index in [4.69, 9.17) is 9.05 Å². The maximum absolute atomic E-state index is 12.8. The summed E-state index contributed by atoms with van der Waals surface area (Å²) in [7, 11) is 1.25. The summed E-state index contributed by atoms with van der Waals surface area (Å²) in [6.45, 7) is 4.60. The Kier molecular flexibility index (Phi) is 31.2. The standard InChI is InChI=1S/C39H77N2O6P/c1-6-8-10-12-14-16-18-20-21-23-25-27-29-31-33-39(43)40-37(36-47-48(44,45)46-35-34-41(3,4)5)38(42)32-30-28-26-24-22-19-17-15-13-11-9-7-2/h18,20,30,32,37-38,42H,6-17,19,21-29,31,33-36H2,1-5H3,(H-,40,43,44,45)/b20-18-,32-30+. The van der Waals surface area contributed by atoms with Crippen LogP contribution in [0.2, 0.25) is 0 Å². The molecular formula is C39H77N2O6P. The molecule has 9 heteroatoms. The molecule has 0 spiro atoms. The summed E-state index contributed by atoms with van der Waals surface area (Å²) >= 11 is 0. The lowest BCUT2D eigenvalue weighted by molar-refractivity contribution is -0.870. The van der Waals surface area contributed by atoms with Crippen LogP contribution in [0.3, 0.4) is 0 Å². The first-order valence-corrected chi connectivity index (χ1v) is 21.2. The van der Waals surface area contributed by atoms with Crippen LogP contribution in [0.1, 0.15) is 168 Å². The van der Waals surface area contributed by atoms with Gasteiger partial charge in [-0.3, -0.25) is 9.36 Å². The van der Waals surface area contributed by atoms with Crippen molar-refractivity contribution < 1.29 is 32.9 Å². The molecule has 284 valence electrons. The smallest absolute Gasteiger partial charge is 0.268 e. The van der Waals surface area contributed by atoms with Gasteiger partial charge in [-0.25, -0.2) is 0 Å². The Morgan fingerprint density at radius 2 is 1.15 bits per heavy atom. The van der Waals surface area contributed by atoms with Crippen LogP contribution in [0.5, 0.6) is 0 Å². The first kappa shape index (κ1) is 47.0. The van der Waals surface area contributed by atoms with Crippen LogP contribution < -0.4 is 10.2 Å². The zero-order valence-corrected chi connectivity index (χ0v) is 32.8. The number of phosphoric ester groups is 1. The van der Waals surface area contributed by atoms with Crippen molar-refractivity contribution in [1.29, 1.82) is 0 Å². The number of allylic oxidation sites excluding steroid dienone is 3. The van der Waals surface area contributed by atoms with Gasteiger partial charge in [0.05, 0.1) is 39.9 Å². The van der Waals surface area contributed by atoms with Crippen molar-refractivity contribution in [2.24, 2.45) is 0 Å². The summed E-state index contributed by atoms with van der Waals surface area (Å²) < 4.78 is 23.1. The molecule has 0 aliphatic carbocycles. The van der Waals surface area contributed by atoms with Gasteiger partial charge in [-0.15, -0.1) is 0 Å². The van der Waals surface area contributed by atoms with E-state index in [1.54, 1.807) is 6.08 Å². The quantitative estimate of drug-likeness (QED) is 0.0295. The van der Waals surface area contributed by atoms with Gasteiger partial charge in [0.2, 0.25) is 5.91 Å². The molecular weight excluding hydrogens is 623 g/mol. The predicted octanol–water partition coefficient (Wildman–Crippen LogP) is 9.55. The first-order chi connectivity index (χ1) is 23.0. The minimum Gasteiger partial charge on any atom is -0.756 e. The van der Waals surface area contributed by atoms with Crippen molar-refractivity contribution in [1.82, 2.24) is 5.32 Å². The number of hydrogen-bond acceptors (Lipinski definition) is 6. The number of hydrogen-bond donors (Lipinski definition) is 2. The number of phosphoric acid groups is 1. The SMILES string of the molecule is CCCCCCC/C=C\CCCCCCCC(=O)NC(COP(=O)([O-])OCC[N+](C)(C)C)C(O)/C=C/CCCCCCCCCCCC. The Labute approximate surface area is 296 Å². The number of aliphatic hydroxyl groups excluding tert-OH is 1. The summed E-state index contributed by atoms with van der Waals surface area (Å²) in [4.78, 5) is 25.1. The number of aliphatic hydroxyl groups is 1. The second-order valence-electron chi connectivity index (χ2n) is 14.6. The van der Waals surface area contributed by atoms with Gasteiger partial charge in [0.25, 0.3) is 7.82 Å². The molecule has 8 nitrogen and oxygen atoms in total. The Balaban J connectivity index is 4.53. The molecule has 0 fully saturated rings. The van der Waals surface area contributed by atoms with Crippen LogP contribution in [-0.4, -0.2) is 68.5 Å². The molecule has 0 aromatic heterocycles. The summed E-state index contributed by atoms with van der Waals surface area (Å²) in [5, 5.41) is 13.7. The maximum Gasteiger partial charge on any atom is 0.268 e. The van der Waals surface area contributed by atoms with Crippen LogP contribution >= 0.6 is 7.82 Å². The summed E-state index contributed by atoms with van der Waals surface area (Å²) in [6.07, 6.45) is 35.0. The Hall–Kier alpha value is -1.02. The van der Waals surface area contributed by atoms with Crippen molar-refractivity contribution in [2.75, 3.05) is 40.9 Å². The highest BCUT2D eigenvalue weighted by Gasteiger charge is 2.23. The van der Waals surface area contributed by atoms with Crippen LogP contribution in [-0.2, 0) is 18.4 Å². The van der Waals surface area contributed by atoms with Gasteiger partial charge in [-0.2, -0.15) is 0 Å². The van der Waals surface area contributed by atoms with Crippen LogP contribution in [0.4, 0.5) is 0 Å². The van der Waals surface area contributed by atoms with Gasteiger partial charge < -0.3 is 28.8 Å². The van der Waals surface area contributed by atoms with Gasteiger partial charge in [0.1, 0.15) is 13.2 Å². The van der Waals surface area contributed by atoms with Crippen molar-refractivity contribution in [2.45, 2.75) is 180 Å². The van der Waals surface area contributed by atoms with Gasteiger partial charge in [-0.1, -0.05) is 141 Å². The number of unbranched alkanes of at least 4 members (excludes halogenated alkanes) is 20. The molecule has 0 aromatic rings. The van der Waals surface area contributed by atoms with E-state index in [-0.39, 0.29) is 19.1 Å². The molecule has 0 bridgehead atoms. The third-order valence-corrected chi connectivity index (χ3v) is 9.62. The minimum atomic E-state index is -4.58. The van der Waals surface area contributed by atoms with Crippen molar-refractivity contribution in [3.05, 3.63) is 24.3 Å². The van der Waals surface area contributed by atoms with E-state index < -0.39 is 20.0 Å². The molecule has 3 atom stereocenters. The van der Waals surface area contributed by atoms with E-state index in [2.05, 4.69) is 31.3 Å². The normalized spacial score (nSPS) is 14.9. The fraction of sp³-hybridized carbons (Fsp3) is 0.872. The third-order valence-electron chi connectivity index (χ3n) is 8.66. The number of carbonyl (C=O) groups excluding carboxylic acids is 1. The third kappa shape index (κ3) is 33.5. The number of carbonyl (C=O) groups is 1. The second kappa shape index (κ2) is 31.9. The van der Waals surface area contributed by atoms with Crippen molar-refractivity contribution in [3.8, 4) is 0 Å². The van der Waals surface area contributed by atoms with Crippen molar-refractivity contribution in [3.63, 3.8) is 0 Å². The highest BCUT2D eigenvalue weighted by atomic mass is 31.2. The molecule has 3 unspecified atom stereocenters. The molecule has 2 N–H and O–H groups in total. The Morgan fingerprint density at radius 3 is 1.62 bits per heavy atom. The number of likely N-dealkylation sites (N-methyl/N-ethyl adjacent to an activating group) is 1. The Bertz CT molecular complexity index is 845. The van der Waals surface area contributed by atoms with E-state index in [9.17, 15) is 19.4 Å². The lowest BCUT2D eigenvalue weighted by Gasteiger charge is -2.29. The molecule has 0 saturated carbocycles. The fourth-order valence-corrected chi connectivity index (χ4v) is 6.16. The summed E-state index contributed by atoms with van der Waals surface area (Å²) in [6, 6.07) is -0.885. The molecule has 48 heavy (non-hydrogen) atoms. The first-order valence-electron chi connectivity index (χ1n) is 19.7. The highest BCUT2D eigenvalue weighted by molar-refractivity contribution is 7.45. The Morgan fingerprint density at radius 1 is 0.708 bits per heavy atom. The number of quaternary nitrogens is 1. The number of rotatable bonds is 35. The summed E-state index contributed by atoms with van der Waals surface area (Å²) in [5.41, 5.74) is 0. The zero-order chi connectivity index (χ0) is 35.8. The largest absolute Gasteiger partial charge is 0.756 e. The molecule has 0 rings (SSSR count). The fourth-order valence-electron chi connectivity index (χ4n) is 5.44. The molecule has 0 radical (unpaired) electrons. The lowest BCUT2D eigenvalue weighted by Crippen LogP contribution is -2.45. The topological polar surface area (TPSA) is 108 Å². The van der Waals surface area contributed by atoms with Crippen molar-refractivity contribution >= 4 is 13.7 Å². The minimum absolute atomic E-state index is 0.00195. The number of nitrogens with one attached hydrogen (secondary N) is 1. The second-order valence-corrected chi connectivity index (χ2v) is 16.0. The summed E-state index contributed by atoms with van der Waals surface area (Å²) in [5.74, 6) is -0.209. The molecule has 0 saturated heterocycles. The van der Waals surface area contributed by atoms with E-state index in [1.165, 1.54) is 96.3 Å². The van der Waals surface area contributed by atoms with E-state index >= 15 is 0 Å². The molecule has 0 aliphatic rings. The van der Waals surface area contributed by atoms with E-state index in [0.717, 1.165) is 51.4 Å². The van der Waals surface area contributed by atoms with Gasteiger partial charge >= 0.3 is 0 Å². The highest BCUT2D eigenvalue weighted by Crippen LogP contribution is 2.38. The maximum atomic E-state index is 12.8. The number of amides is 1. The van der Waals surface area contributed by atoms with Crippen LogP contribution in [0.15, 0.2) is 24.3 Å². The van der Waals surface area contributed by atoms with E-state index in [1.807, 2.05) is 27.2 Å². The lowest BCUT2D eigenvalue weighted by atomic mass is 10.1. The van der Waals surface area contributed by atoms with Gasteiger partial charge in [0.15, 0.2) is 0 Å². The van der Waals surface area contributed by atoms with Crippen LogP contribution in [0, 0.1) is 0 Å². The van der Waals surface area contributed by atoms with E-state index in [0.29, 0.717) is 17.4 Å². The predicted molar refractivity (Wildman–Crippen MR) is 201 cm³/mol. The van der Waals surface area contributed by atoms with Gasteiger partial charge in [-0.05, 0) is 44.9 Å². The monoisotopic (exact) mass is 701 g/mol. The van der Waals surface area contributed by atoms with Gasteiger partial charge in [0, 0.05) is 6.42 Å². The molecule has 0 aliphatic heterocycles. The zero-order valence-electron chi connectivity index (χ0n) is 31.9. The molecule has 1 amide bonds. The number of nitrogens with zero attached hydrogens (tertiary/aromatic N) is 1. The molecule has 0 heterocycles. The molecule has 0 aromatic carbocycles.